The van der Waals surface area contributed by atoms with Gasteiger partial charge in [-0.25, -0.2) is 9.78 Å². The van der Waals surface area contributed by atoms with Gasteiger partial charge in [-0.3, -0.25) is 14.6 Å². The second-order valence-corrected chi connectivity index (χ2v) is 11.9. The van der Waals surface area contributed by atoms with E-state index in [1.165, 1.54) is 4.90 Å². The SMILES string of the molecule is CCN(CC)CCOc1ccc(Nc2ncc3c(n2)N(C)C(=O)N(c2cc(NC(=O)c4ccccc4-c4ccccc4)ccc2Cl)C3)cc1. The number of fused-ring (bicyclic) bond motifs is 1. The number of aromatic nitrogens is 2. The molecular formula is C38H38ClN7O3. The Kier molecular flexibility index (Phi) is 10.4. The zero-order valence-electron chi connectivity index (χ0n) is 27.7. The molecule has 11 heteroatoms. The summed E-state index contributed by atoms with van der Waals surface area (Å²) in [4.78, 5) is 41.6. The van der Waals surface area contributed by atoms with Crippen LogP contribution in [-0.4, -0.2) is 60.1 Å². The molecule has 0 saturated carbocycles. The molecule has 6 rings (SSSR count). The highest BCUT2D eigenvalue weighted by Gasteiger charge is 2.32. The molecule has 1 aliphatic rings. The molecule has 3 amide bonds. The standard InChI is InChI=1S/C38H38ClN7O3/c1-4-45(5-2)21-22-49-30-18-15-28(16-19-30)42-37-40-24-27-25-46(38(48)44(3)35(27)43-37)34-23-29(17-20-33(34)39)41-36(47)32-14-10-9-13-31(32)26-11-7-6-8-12-26/h6-20,23-24H,4-5,21-22,25H2,1-3H3,(H,41,47)(H,40,42,43). The zero-order chi connectivity index (χ0) is 34.3. The minimum Gasteiger partial charge on any atom is -0.492 e. The highest BCUT2D eigenvalue weighted by molar-refractivity contribution is 6.34. The van der Waals surface area contributed by atoms with Gasteiger partial charge in [-0.05, 0) is 72.7 Å². The fourth-order valence-electron chi connectivity index (χ4n) is 5.70. The normalized spacial score (nSPS) is 12.6. The minimum absolute atomic E-state index is 0.201. The van der Waals surface area contributed by atoms with Crippen molar-refractivity contribution in [2.45, 2.75) is 20.4 Å². The number of hydrogen-bond acceptors (Lipinski definition) is 7. The number of nitrogens with zero attached hydrogens (tertiary/aromatic N) is 5. The molecule has 4 aromatic carbocycles. The maximum atomic E-state index is 13.7. The number of urea groups is 1. The third-order valence-electron chi connectivity index (χ3n) is 8.44. The monoisotopic (exact) mass is 675 g/mol. The Balaban J connectivity index is 1.15. The summed E-state index contributed by atoms with van der Waals surface area (Å²) in [5, 5.41) is 6.57. The molecule has 10 nitrogen and oxygen atoms in total. The van der Waals surface area contributed by atoms with Crippen LogP contribution >= 0.6 is 11.6 Å². The molecule has 49 heavy (non-hydrogen) atoms. The van der Waals surface area contributed by atoms with Crippen LogP contribution < -0.4 is 25.2 Å². The van der Waals surface area contributed by atoms with E-state index in [4.69, 9.17) is 16.3 Å². The van der Waals surface area contributed by atoms with E-state index in [1.54, 1.807) is 42.4 Å². The highest BCUT2D eigenvalue weighted by Crippen LogP contribution is 2.36. The molecule has 0 spiro atoms. The summed E-state index contributed by atoms with van der Waals surface area (Å²) in [6, 6.07) is 29.6. The molecule has 2 heterocycles. The van der Waals surface area contributed by atoms with Crippen LogP contribution in [0.2, 0.25) is 5.02 Å². The number of hydrogen-bond donors (Lipinski definition) is 2. The third-order valence-corrected chi connectivity index (χ3v) is 8.76. The zero-order valence-corrected chi connectivity index (χ0v) is 28.4. The van der Waals surface area contributed by atoms with Crippen molar-refractivity contribution in [3.63, 3.8) is 0 Å². The molecule has 0 radical (unpaired) electrons. The number of nitrogens with one attached hydrogen (secondary N) is 2. The van der Waals surface area contributed by atoms with Gasteiger partial charge in [0.1, 0.15) is 18.2 Å². The fraction of sp³-hybridized carbons (Fsp3) is 0.211. The molecule has 5 aromatic rings. The smallest absolute Gasteiger partial charge is 0.330 e. The average Bonchev–Trinajstić information content (AvgIpc) is 3.14. The van der Waals surface area contributed by atoms with Crippen LogP contribution in [0.5, 0.6) is 5.75 Å². The van der Waals surface area contributed by atoms with Gasteiger partial charge >= 0.3 is 6.03 Å². The molecule has 2 N–H and O–H groups in total. The summed E-state index contributed by atoms with van der Waals surface area (Å²) < 4.78 is 5.89. The number of carbonyl (C=O) groups is 2. The predicted molar refractivity (Wildman–Crippen MR) is 196 cm³/mol. The van der Waals surface area contributed by atoms with Gasteiger partial charge < -0.3 is 20.3 Å². The Bertz CT molecular complexity index is 1930. The summed E-state index contributed by atoms with van der Waals surface area (Å²) in [6.07, 6.45) is 1.70. The summed E-state index contributed by atoms with van der Waals surface area (Å²) in [5.74, 6) is 1.37. The van der Waals surface area contributed by atoms with Gasteiger partial charge in [-0.15, -0.1) is 0 Å². The lowest BCUT2D eigenvalue weighted by Gasteiger charge is -2.34. The maximum Gasteiger partial charge on any atom is 0.330 e. The minimum atomic E-state index is -0.317. The van der Waals surface area contributed by atoms with E-state index < -0.39 is 0 Å². The third kappa shape index (κ3) is 7.66. The van der Waals surface area contributed by atoms with Crippen molar-refractivity contribution in [3.05, 3.63) is 119 Å². The summed E-state index contributed by atoms with van der Waals surface area (Å²) in [5.41, 5.74) is 4.79. The molecular weight excluding hydrogens is 638 g/mol. The number of likely N-dealkylation sites (N-methyl/N-ethyl adjacent to an activating group) is 1. The maximum absolute atomic E-state index is 13.7. The van der Waals surface area contributed by atoms with Crippen molar-refractivity contribution in [2.75, 3.05) is 53.7 Å². The van der Waals surface area contributed by atoms with E-state index in [0.717, 1.165) is 47.8 Å². The van der Waals surface area contributed by atoms with E-state index >= 15 is 0 Å². The predicted octanol–water partition coefficient (Wildman–Crippen LogP) is 8.09. The van der Waals surface area contributed by atoms with Gasteiger partial charge in [0.25, 0.3) is 5.91 Å². The lowest BCUT2D eigenvalue weighted by atomic mass is 9.99. The van der Waals surface area contributed by atoms with Crippen LogP contribution in [0.25, 0.3) is 11.1 Å². The number of amides is 3. The Morgan fingerprint density at radius 3 is 2.41 bits per heavy atom. The second-order valence-electron chi connectivity index (χ2n) is 11.5. The fourth-order valence-corrected chi connectivity index (χ4v) is 5.92. The number of anilines is 5. The van der Waals surface area contributed by atoms with Crippen molar-refractivity contribution < 1.29 is 14.3 Å². The Labute approximate surface area is 291 Å². The molecule has 1 aliphatic heterocycles. The van der Waals surface area contributed by atoms with Crippen molar-refractivity contribution >= 4 is 52.4 Å². The van der Waals surface area contributed by atoms with Crippen molar-refractivity contribution in [2.24, 2.45) is 0 Å². The molecule has 0 unspecified atom stereocenters. The van der Waals surface area contributed by atoms with Crippen LogP contribution in [0.15, 0.2) is 103 Å². The van der Waals surface area contributed by atoms with Crippen LogP contribution in [0, 0.1) is 0 Å². The van der Waals surface area contributed by atoms with Crippen LogP contribution in [0.1, 0.15) is 29.8 Å². The van der Waals surface area contributed by atoms with Crippen molar-refractivity contribution in [1.29, 1.82) is 0 Å². The van der Waals surface area contributed by atoms with Gasteiger partial charge in [0.05, 0.1) is 17.3 Å². The molecule has 0 bridgehead atoms. The number of carbonyl (C=O) groups excluding carboxylic acids is 2. The number of rotatable bonds is 12. The van der Waals surface area contributed by atoms with Crippen LogP contribution in [0.4, 0.5) is 33.6 Å². The Hall–Kier alpha value is -5.45. The average molecular weight is 676 g/mol. The van der Waals surface area contributed by atoms with E-state index in [-0.39, 0.29) is 18.5 Å². The molecule has 250 valence electrons. The molecule has 0 fully saturated rings. The second kappa shape index (κ2) is 15.2. The molecule has 0 saturated heterocycles. The lowest BCUT2D eigenvalue weighted by Crippen LogP contribution is -2.46. The lowest BCUT2D eigenvalue weighted by molar-refractivity contribution is 0.102. The molecule has 0 aliphatic carbocycles. The first-order chi connectivity index (χ1) is 23.8. The topological polar surface area (TPSA) is 103 Å². The van der Waals surface area contributed by atoms with E-state index in [1.807, 2.05) is 72.8 Å². The highest BCUT2D eigenvalue weighted by atomic mass is 35.5. The van der Waals surface area contributed by atoms with E-state index in [0.29, 0.717) is 40.3 Å². The first-order valence-corrected chi connectivity index (χ1v) is 16.6. The summed E-state index contributed by atoms with van der Waals surface area (Å²) in [6.45, 7) is 7.96. The number of benzene rings is 4. The van der Waals surface area contributed by atoms with Crippen LogP contribution in [-0.2, 0) is 6.54 Å². The van der Waals surface area contributed by atoms with Gasteiger partial charge in [-0.1, -0.05) is 74.0 Å². The van der Waals surface area contributed by atoms with E-state index in [2.05, 4.69) is 39.3 Å². The van der Waals surface area contributed by atoms with Crippen molar-refractivity contribution in [1.82, 2.24) is 14.9 Å². The quantitative estimate of drug-likeness (QED) is 0.138. The summed E-state index contributed by atoms with van der Waals surface area (Å²) >= 11 is 6.63. The Morgan fingerprint density at radius 1 is 0.939 bits per heavy atom. The first kappa shape index (κ1) is 33.5. The van der Waals surface area contributed by atoms with Gasteiger partial charge in [0, 0.05) is 42.3 Å². The number of halogens is 1. The molecule has 1 aromatic heterocycles. The van der Waals surface area contributed by atoms with Gasteiger partial charge in [-0.2, -0.15) is 4.98 Å². The van der Waals surface area contributed by atoms with Gasteiger partial charge in [0.15, 0.2) is 0 Å². The Morgan fingerprint density at radius 2 is 1.65 bits per heavy atom. The van der Waals surface area contributed by atoms with E-state index in [9.17, 15) is 9.59 Å². The molecule has 0 atom stereocenters. The van der Waals surface area contributed by atoms with Crippen LogP contribution in [0.3, 0.4) is 0 Å². The summed E-state index contributed by atoms with van der Waals surface area (Å²) in [7, 11) is 1.66. The largest absolute Gasteiger partial charge is 0.492 e. The van der Waals surface area contributed by atoms with Gasteiger partial charge in [0.2, 0.25) is 5.95 Å². The van der Waals surface area contributed by atoms with Crippen molar-refractivity contribution in [3.8, 4) is 16.9 Å². The number of ether oxygens (including phenoxy) is 1. The first-order valence-electron chi connectivity index (χ1n) is 16.2.